The molecule has 2 aromatic rings. The Morgan fingerprint density at radius 1 is 0.778 bits per heavy atom. The summed E-state index contributed by atoms with van der Waals surface area (Å²) in [6, 6.07) is 13.5. The van der Waals surface area contributed by atoms with Crippen LogP contribution in [0.25, 0.3) is 0 Å². The van der Waals surface area contributed by atoms with Gasteiger partial charge in [0.1, 0.15) is 23.0 Å². The van der Waals surface area contributed by atoms with Gasteiger partial charge in [0.15, 0.2) is 0 Å². The van der Waals surface area contributed by atoms with Gasteiger partial charge >= 0.3 is 10.6 Å². The van der Waals surface area contributed by atoms with Gasteiger partial charge in [0.2, 0.25) is 0 Å². The van der Waals surface area contributed by atoms with E-state index in [4.69, 9.17) is 18.9 Å². The second-order valence-electron chi connectivity index (χ2n) is 5.29. The molecular formula is C19H20O6S2. The van der Waals surface area contributed by atoms with Crippen molar-refractivity contribution in [3.63, 3.8) is 0 Å². The van der Waals surface area contributed by atoms with E-state index in [0.29, 0.717) is 28.8 Å². The number of rotatable bonds is 7. The first-order chi connectivity index (χ1) is 13.0. The number of benzene rings is 2. The van der Waals surface area contributed by atoms with Crippen molar-refractivity contribution in [3.8, 4) is 23.0 Å². The summed E-state index contributed by atoms with van der Waals surface area (Å²) in [4.78, 5) is 23.8. The first kappa shape index (κ1) is 21.0. The summed E-state index contributed by atoms with van der Waals surface area (Å²) in [5, 5.41) is -0.989. The molecule has 2 rings (SSSR count). The first-order valence-corrected chi connectivity index (χ1v) is 9.88. The molecule has 1 atom stereocenters. The molecule has 0 saturated carbocycles. The maximum atomic E-state index is 11.9. The van der Waals surface area contributed by atoms with Crippen LogP contribution in [0.4, 0.5) is 9.59 Å². The fourth-order valence-corrected chi connectivity index (χ4v) is 3.39. The zero-order chi connectivity index (χ0) is 19.6. The van der Waals surface area contributed by atoms with Crippen molar-refractivity contribution >= 4 is 34.1 Å². The molecule has 2 aromatic carbocycles. The van der Waals surface area contributed by atoms with Gasteiger partial charge in [-0.3, -0.25) is 0 Å². The summed E-state index contributed by atoms with van der Waals surface area (Å²) in [6.07, 6.45) is 0. The summed E-state index contributed by atoms with van der Waals surface area (Å²) >= 11 is 2.03. The van der Waals surface area contributed by atoms with Gasteiger partial charge in [0, 0.05) is 11.0 Å². The van der Waals surface area contributed by atoms with Crippen molar-refractivity contribution in [2.45, 2.75) is 12.2 Å². The molecule has 0 bridgehead atoms. The molecule has 0 fully saturated rings. The van der Waals surface area contributed by atoms with Gasteiger partial charge in [-0.25, -0.2) is 9.59 Å². The molecule has 0 heterocycles. The molecule has 0 aliphatic carbocycles. The molecule has 8 heteroatoms. The van der Waals surface area contributed by atoms with E-state index in [9.17, 15) is 9.59 Å². The van der Waals surface area contributed by atoms with Crippen molar-refractivity contribution in [1.29, 1.82) is 0 Å². The van der Waals surface area contributed by atoms with E-state index in [1.807, 2.05) is 6.92 Å². The molecule has 0 aromatic heterocycles. The minimum atomic E-state index is -0.434. The lowest BCUT2D eigenvalue weighted by atomic mass is 10.3. The fraction of sp³-hybridized carbons (Fsp3) is 0.263. The molecule has 0 N–H and O–H groups in total. The van der Waals surface area contributed by atoms with Gasteiger partial charge in [-0.15, -0.1) is 0 Å². The lowest BCUT2D eigenvalue weighted by Gasteiger charge is -2.10. The topological polar surface area (TPSA) is 71.1 Å². The SMILES string of the molecule is COc1ccc(OC(=O)SCC(C)SC(=O)Oc2ccc(OC)cc2)cc1. The number of methoxy groups -OCH3 is 2. The Hall–Kier alpha value is -2.32. The Kier molecular flexibility index (Phi) is 8.35. The highest BCUT2D eigenvalue weighted by Gasteiger charge is 2.15. The van der Waals surface area contributed by atoms with Crippen LogP contribution in [-0.4, -0.2) is 35.8 Å². The van der Waals surface area contributed by atoms with Gasteiger partial charge in [0.25, 0.3) is 0 Å². The third-order valence-electron chi connectivity index (χ3n) is 3.25. The zero-order valence-electron chi connectivity index (χ0n) is 15.2. The number of carbonyl (C=O) groups excluding carboxylic acids is 2. The van der Waals surface area contributed by atoms with E-state index in [1.54, 1.807) is 62.8 Å². The standard InChI is InChI=1S/C19H20O6S2/c1-13(27-19(21)25-17-10-6-15(23-3)7-11-17)12-26-18(20)24-16-8-4-14(22-2)5-9-16/h4-11,13H,12H2,1-3H3. The average Bonchev–Trinajstić information content (AvgIpc) is 2.67. The van der Waals surface area contributed by atoms with Crippen LogP contribution in [0.3, 0.4) is 0 Å². The maximum absolute atomic E-state index is 11.9. The zero-order valence-corrected chi connectivity index (χ0v) is 16.8. The minimum Gasteiger partial charge on any atom is -0.497 e. The van der Waals surface area contributed by atoms with Crippen LogP contribution in [0.15, 0.2) is 48.5 Å². The molecule has 0 saturated heterocycles. The number of hydrogen-bond acceptors (Lipinski definition) is 8. The quantitative estimate of drug-likeness (QED) is 0.575. The molecule has 0 amide bonds. The molecule has 0 aliphatic heterocycles. The summed E-state index contributed by atoms with van der Waals surface area (Å²) < 4.78 is 20.6. The third-order valence-corrected chi connectivity index (χ3v) is 5.30. The second kappa shape index (κ2) is 10.7. The number of hydrogen-bond donors (Lipinski definition) is 0. The summed E-state index contributed by atoms with van der Waals surface area (Å²) in [6.45, 7) is 1.84. The maximum Gasteiger partial charge on any atom is 0.373 e. The van der Waals surface area contributed by atoms with E-state index < -0.39 is 10.6 Å². The monoisotopic (exact) mass is 408 g/mol. The van der Waals surface area contributed by atoms with Crippen LogP contribution in [0.2, 0.25) is 0 Å². The minimum absolute atomic E-state index is 0.121. The second-order valence-corrected chi connectivity index (χ2v) is 7.62. The van der Waals surface area contributed by atoms with Gasteiger partial charge in [0.05, 0.1) is 14.2 Å². The predicted molar refractivity (Wildman–Crippen MR) is 108 cm³/mol. The lowest BCUT2D eigenvalue weighted by Crippen LogP contribution is -2.11. The predicted octanol–water partition coefficient (Wildman–Crippen LogP) is 5.26. The van der Waals surface area contributed by atoms with Crippen LogP contribution in [-0.2, 0) is 0 Å². The van der Waals surface area contributed by atoms with Gasteiger partial charge in [-0.2, -0.15) is 0 Å². The van der Waals surface area contributed by atoms with Gasteiger partial charge in [-0.05, 0) is 72.1 Å². The van der Waals surface area contributed by atoms with Crippen LogP contribution < -0.4 is 18.9 Å². The van der Waals surface area contributed by atoms with Crippen LogP contribution in [0.1, 0.15) is 6.92 Å². The molecule has 27 heavy (non-hydrogen) atoms. The third kappa shape index (κ3) is 7.44. The van der Waals surface area contributed by atoms with Crippen molar-refractivity contribution in [3.05, 3.63) is 48.5 Å². The molecular weight excluding hydrogens is 388 g/mol. The Bertz CT molecular complexity index is 746. The Morgan fingerprint density at radius 2 is 1.19 bits per heavy atom. The van der Waals surface area contributed by atoms with E-state index in [-0.39, 0.29) is 5.25 Å². The molecule has 0 radical (unpaired) electrons. The lowest BCUT2D eigenvalue weighted by molar-refractivity contribution is 0.226. The molecule has 0 aliphatic rings. The summed E-state index contributed by atoms with van der Waals surface area (Å²) in [5.74, 6) is 2.65. The summed E-state index contributed by atoms with van der Waals surface area (Å²) in [7, 11) is 3.13. The summed E-state index contributed by atoms with van der Waals surface area (Å²) in [5.41, 5.74) is 0. The Labute approximate surface area is 166 Å². The molecule has 6 nitrogen and oxygen atoms in total. The Balaban J connectivity index is 1.71. The van der Waals surface area contributed by atoms with Crippen LogP contribution >= 0.6 is 23.5 Å². The van der Waals surface area contributed by atoms with Crippen molar-refractivity contribution in [1.82, 2.24) is 0 Å². The Morgan fingerprint density at radius 3 is 1.63 bits per heavy atom. The smallest absolute Gasteiger partial charge is 0.373 e. The first-order valence-electron chi connectivity index (χ1n) is 8.01. The largest absolute Gasteiger partial charge is 0.497 e. The molecule has 144 valence electrons. The molecule has 1 unspecified atom stereocenters. The van der Waals surface area contributed by atoms with Crippen LogP contribution in [0.5, 0.6) is 23.0 Å². The van der Waals surface area contributed by atoms with E-state index in [0.717, 1.165) is 23.5 Å². The molecule has 0 spiro atoms. The normalized spacial score (nSPS) is 11.4. The van der Waals surface area contributed by atoms with Crippen LogP contribution in [0, 0.1) is 0 Å². The van der Waals surface area contributed by atoms with E-state index >= 15 is 0 Å². The van der Waals surface area contributed by atoms with Gasteiger partial charge in [-0.1, -0.05) is 6.92 Å². The number of thioether (sulfide) groups is 2. The van der Waals surface area contributed by atoms with E-state index in [1.165, 1.54) is 0 Å². The fourth-order valence-electron chi connectivity index (χ4n) is 1.92. The van der Waals surface area contributed by atoms with Crippen molar-refractivity contribution < 1.29 is 28.5 Å². The van der Waals surface area contributed by atoms with Gasteiger partial charge < -0.3 is 18.9 Å². The van der Waals surface area contributed by atoms with Crippen molar-refractivity contribution in [2.75, 3.05) is 20.0 Å². The number of ether oxygens (including phenoxy) is 4. The average molecular weight is 408 g/mol. The van der Waals surface area contributed by atoms with Crippen molar-refractivity contribution in [2.24, 2.45) is 0 Å². The number of carbonyl (C=O) groups is 2. The highest BCUT2D eigenvalue weighted by atomic mass is 32.2. The van der Waals surface area contributed by atoms with E-state index in [2.05, 4.69) is 0 Å². The highest BCUT2D eigenvalue weighted by Crippen LogP contribution is 2.24. The highest BCUT2D eigenvalue weighted by molar-refractivity contribution is 8.16.